The average molecular weight is 298 g/mol. The van der Waals surface area contributed by atoms with Gasteiger partial charge in [-0.3, -0.25) is 9.59 Å². The van der Waals surface area contributed by atoms with Crippen LogP contribution in [0.15, 0.2) is 0 Å². The minimum atomic E-state index is -0.327. The molecule has 1 amide bonds. The highest BCUT2D eigenvalue weighted by molar-refractivity contribution is 5.84. The van der Waals surface area contributed by atoms with Crippen molar-refractivity contribution in [1.29, 1.82) is 0 Å². The molecule has 2 atom stereocenters. The summed E-state index contributed by atoms with van der Waals surface area (Å²) in [7, 11) is 0. The highest BCUT2D eigenvalue weighted by atomic mass is 16.5. The molecule has 1 aliphatic carbocycles. The predicted molar refractivity (Wildman–Crippen MR) is 82.6 cm³/mol. The number of carbonyl (C=O) groups excluding carboxylic acids is 2. The van der Waals surface area contributed by atoms with Gasteiger partial charge in [0.05, 0.1) is 6.61 Å². The Labute approximate surface area is 128 Å². The Bertz CT molecular complexity index is 344. The number of ether oxygens (including phenoxy) is 1. The zero-order valence-electron chi connectivity index (χ0n) is 13.6. The SMILES string of the molecule is CCOC(=O)CN(CC(C)C)C(=O)C1CCCCC1CN. The van der Waals surface area contributed by atoms with Gasteiger partial charge in [-0.2, -0.15) is 0 Å². The molecule has 0 aromatic heterocycles. The second-order valence-corrected chi connectivity index (χ2v) is 6.30. The lowest BCUT2D eigenvalue weighted by Crippen LogP contribution is -2.46. The molecule has 2 N–H and O–H groups in total. The van der Waals surface area contributed by atoms with E-state index in [1.165, 1.54) is 0 Å². The topological polar surface area (TPSA) is 72.6 Å². The van der Waals surface area contributed by atoms with E-state index in [0.29, 0.717) is 25.6 Å². The van der Waals surface area contributed by atoms with E-state index in [1.54, 1.807) is 11.8 Å². The molecule has 122 valence electrons. The van der Waals surface area contributed by atoms with E-state index >= 15 is 0 Å². The quantitative estimate of drug-likeness (QED) is 0.727. The number of carbonyl (C=O) groups is 2. The standard InChI is InChI=1S/C16H30N2O3/c1-4-21-15(19)11-18(10-12(2)3)16(20)14-8-6-5-7-13(14)9-17/h12-14H,4-11,17H2,1-3H3. The highest BCUT2D eigenvalue weighted by Gasteiger charge is 2.33. The summed E-state index contributed by atoms with van der Waals surface area (Å²) in [4.78, 5) is 26.2. The van der Waals surface area contributed by atoms with Crippen molar-refractivity contribution in [2.45, 2.75) is 46.5 Å². The molecule has 1 fully saturated rings. The summed E-state index contributed by atoms with van der Waals surface area (Å²) in [5.41, 5.74) is 5.82. The lowest BCUT2D eigenvalue weighted by Gasteiger charge is -2.34. The lowest BCUT2D eigenvalue weighted by molar-refractivity contribution is -0.151. The van der Waals surface area contributed by atoms with E-state index in [0.717, 1.165) is 25.7 Å². The molecule has 1 saturated carbocycles. The summed E-state index contributed by atoms with van der Waals surface area (Å²) in [6.07, 6.45) is 4.12. The van der Waals surface area contributed by atoms with Crippen molar-refractivity contribution in [3.05, 3.63) is 0 Å². The number of esters is 1. The van der Waals surface area contributed by atoms with Gasteiger partial charge in [0.15, 0.2) is 0 Å². The third kappa shape index (κ3) is 5.65. The molecule has 0 radical (unpaired) electrons. The molecule has 0 heterocycles. The fourth-order valence-corrected chi connectivity index (χ4v) is 3.09. The summed E-state index contributed by atoms with van der Waals surface area (Å²) in [6, 6.07) is 0. The van der Waals surface area contributed by atoms with Crippen molar-refractivity contribution in [3.63, 3.8) is 0 Å². The van der Waals surface area contributed by atoms with Crippen molar-refractivity contribution in [2.75, 3.05) is 26.2 Å². The molecule has 0 aromatic rings. The second-order valence-electron chi connectivity index (χ2n) is 6.30. The summed E-state index contributed by atoms with van der Waals surface area (Å²) in [5, 5.41) is 0. The van der Waals surface area contributed by atoms with Gasteiger partial charge in [0.1, 0.15) is 6.54 Å². The van der Waals surface area contributed by atoms with Gasteiger partial charge in [0, 0.05) is 12.5 Å². The molecular weight excluding hydrogens is 268 g/mol. The van der Waals surface area contributed by atoms with E-state index in [9.17, 15) is 9.59 Å². The monoisotopic (exact) mass is 298 g/mol. The summed E-state index contributed by atoms with van der Waals surface area (Å²) >= 11 is 0. The first-order chi connectivity index (χ1) is 9.99. The van der Waals surface area contributed by atoms with E-state index in [1.807, 2.05) is 13.8 Å². The third-order valence-electron chi connectivity index (χ3n) is 4.05. The van der Waals surface area contributed by atoms with Gasteiger partial charge in [-0.1, -0.05) is 26.7 Å². The number of hydrogen-bond acceptors (Lipinski definition) is 4. The molecule has 1 aliphatic rings. The summed E-state index contributed by atoms with van der Waals surface area (Å²) < 4.78 is 4.99. The molecule has 0 saturated heterocycles. The molecule has 0 spiro atoms. The van der Waals surface area contributed by atoms with Crippen LogP contribution in [0.4, 0.5) is 0 Å². The first kappa shape index (κ1) is 18.0. The van der Waals surface area contributed by atoms with Gasteiger partial charge in [-0.25, -0.2) is 0 Å². The smallest absolute Gasteiger partial charge is 0.325 e. The Hall–Kier alpha value is -1.10. The van der Waals surface area contributed by atoms with Crippen molar-refractivity contribution in [3.8, 4) is 0 Å². The molecule has 1 rings (SSSR count). The second kappa shape index (κ2) is 9.03. The number of nitrogens with zero attached hydrogens (tertiary/aromatic N) is 1. The normalized spacial score (nSPS) is 22.1. The van der Waals surface area contributed by atoms with Crippen LogP contribution >= 0.6 is 0 Å². The predicted octanol–water partition coefficient (Wildman–Crippen LogP) is 1.80. The fraction of sp³-hybridized carbons (Fsp3) is 0.875. The minimum absolute atomic E-state index is 0.0306. The van der Waals surface area contributed by atoms with Crippen LogP contribution in [-0.4, -0.2) is 43.0 Å². The van der Waals surface area contributed by atoms with E-state index in [4.69, 9.17) is 10.5 Å². The van der Waals surface area contributed by atoms with Gasteiger partial charge in [-0.15, -0.1) is 0 Å². The number of nitrogens with two attached hydrogens (primary N) is 1. The van der Waals surface area contributed by atoms with Crippen LogP contribution in [0.5, 0.6) is 0 Å². The third-order valence-corrected chi connectivity index (χ3v) is 4.05. The first-order valence-corrected chi connectivity index (χ1v) is 8.14. The fourth-order valence-electron chi connectivity index (χ4n) is 3.09. The molecule has 2 unspecified atom stereocenters. The zero-order valence-corrected chi connectivity index (χ0v) is 13.6. The van der Waals surface area contributed by atoms with E-state index in [-0.39, 0.29) is 30.3 Å². The maximum atomic E-state index is 12.8. The molecule has 21 heavy (non-hydrogen) atoms. The van der Waals surface area contributed by atoms with Gasteiger partial charge in [-0.05, 0) is 38.1 Å². The molecule has 5 nitrogen and oxygen atoms in total. The van der Waals surface area contributed by atoms with Crippen LogP contribution in [0.1, 0.15) is 46.5 Å². The Morgan fingerprint density at radius 2 is 1.95 bits per heavy atom. The maximum Gasteiger partial charge on any atom is 0.325 e. The van der Waals surface area contributed by atoms with Gasteiger partial charge >= 0.3 is 5.97 Å². The van der Waals surface area contributed by atoms with Crippen molar-refractivity contribution >= 4 is 11.9 Å². The van der Waals surface area contributed by atoms with Crippen molar-refractivity contribution in [1.82, 2.24) is 4.90 Å². The van der Waals surface area contributed by atoms with Crippen LogP contribution in [0.25, 0.3) is 0 Å². The summed E-state index contributed by atoms with van der Waals surface area (Å²) in [6.45, 7) is 7.41. The van der Waals surface area contributed by atoms with E-state index < -0.39 is 0 Å². The molecule has 0 bridgehead atoms. The highest BCUT2D eigenvalue weighted by Crippen LogP contribution is 2.31. The summed E-state index contributed by atoms with van der Waals surface area (Å²) in [5.74, 6) is 0.293. The molecule has 5 heteroatoms. The van der Waals surface area contributed by atoms with Crippen LogP contribution in [0, 0.1) is 17.8 Å². The van der Waals surface area contributed by atoms with Crippen LogP contribution in [0.2, 0.25) is 0 Å². The van der Waals surface area contributed by atoms with Crippen LogP contribution in [0.3, 0.4) is 0 Å². The minimum Gasteiger partial charge on any atom is -0.465 e. The van der Waals surface area contributed by atoms with Gasteiger partial charge in [0.25, 0.3) is 0 Å². The van der Waals surface area contributed by atoms with Gasteiger partial charge < -0.3 is 15.4 Å². The number of hydrogen-bond donors (Lipinski definition) is 1. The van der Waals surface area contributed by atoms with Gasteiger partial charge in [0.2, 0.25) is 5.91 Å². The van der Waals surface area contributed by atoms with Crippen LogP contribution in [-0.2, 0) is 14.3 Å². The largest absolute Gasteiger partial charge is 0.465 e. The molecular formula is C16H30N2O3. The average Bonchev–Trinajstić information content (AvgIpc) is 2.45. The lowest BCUT2D eigenvalue weighted by atomic mass is 9.78. The Kier molecular flexibility index (Phi) is 7.72. The Morgan fingerprint density at radius 3 is 2.52 bits per heavy atom. The van der Waals surface area contributed by atoms with Crippen LogP contribution < -0.4 is 5.73 Å². The zero-order chi connectivity index (χ0) is 15.8. The van der Waals surface area contributed by atoms with E-state index in [2.05, 4.69) is 0 Å². The Morgan fingerprint density at radius 1 is 1.29 bits per heavy atom. The number of rotatable bonds is 7. The number of amides is 1. The Balaban J connectivity index is 2.75. The molecule has 0 aliphatic heterocycles. The maximum absolute atomic E-state index is 12.8. The first-order valence-electron chi connectivity index (χ1n) is 8.14. The van der Waals surface area contributed by atoms with Crippen molar-refractivity contribution < 1.29 is 14.3 Å². The molecule has 0 aromatic carbocycles. The van der Waals surface area contributed by atoms with Crippen molar-refractivity contribution in [2.24, 2.45) is 23.5 Å².